The second-order valence-electron chi connectivity index (χ2n) is 5.27. The lowest BCUT2D eigenvalue weighted by molar-refractivity contribution is -0.149. The highest BCUT2D eigenvalue weighted by Crippen LogP contribution is 2.33. The zero-order chi connectivity index (χ0) is 15.2. The Kier molecular flexibility index (Phi) is 5.94. The molecule has 1 aliphatic rings. The van der Waals surface area contributed by atoms with Crippen LogP contribution in [0.3, 0.4) is 0 Å². The number of nitrogens with one attached hydrogen (secondary N) is 2. The van der Waals surface area contributed by atoms with Gasteiger partial charge in [0.1, 0.15) is 5.54 Å². The van der Waals surface area contributed by atoms with Gasteiger partial charge in [0.25, 0.3) is 0 Å². The third-order valence-electron chi connectivity index (χ3n) is 3.96. The molecule has 114 valence electrons. The fraction of sp³-hybridized carbons (Fsp3) is 0.769. The lowest BCUT2D eigenvalue weighted by Gasteiger charge is -2.37. The average Bonchev–Trinajstić information content (AvgIpc) is 2.45. The molecule has 0 aromatic carbocycles. The number of aliphatic carboxylic acids is 1. The van der Waals surface area contributed by atoms with Gasteiger partial charge >= 0.3 is 5.97 Å². The molecule has 1 saturated carbocycles. The van der Waals surface area contributed by atoms with E-state index in [0.29, 0.717) is 18.8 Å². The number of carboxylic acid groups (broad SMARTS) is 1. The molecular formula is C13H23N3O4. The van der Waals surface area contributed by atoms with Crippen LogP contribution in [0.2, 0.25) is 0 Å². The van der Waals surface area contributed by atoms with Crippen LogP contribution in [-0.2, 0) is 14.4 Å². The van der Waals surface area contributed by atoms with Crippen molar-refractivity contribution in [2.75, 3.05) is 13.1 Å². The molecule has 0 radical (unpaired) electrons. The van der Waals surface area contributed by atoms with E-state index < -0.39 is 23.3 Å². The Morgan fingerprint density at radius 1 is 1.25 bits per heavy atom. The zero-order valence-corrected chi connectivity index (χ0v) is 11.8. The lowest BCUT2D eigenvalue weighted by Crippen LogP contribution is -2.58. The van der Waals surface area contributed by atoms with E-state index in [1.807, 2.05) is 0 Å². The molecule has 1 aliphatic carbocycles. The Labute approximate surface area is 118 Å². The van der Waals surface area contributed by atoms with Gasteiger partial charge < -0.3 is 21.5 Å². The summed E-state index contributed by atoms with van der Waals surface area (Å²) in [5, 5.41) is 14.3. The van der Waals surface area contributed by atoms with Gasteiger partial charge in [-0.25, -0.2) is 4.79 Å². The number of hydrogen-bond donors (Lipinski definition) is 4. The molecule has 1 rings (SSSR count). The molecule has 5 N–H and O–H groups in total. The van der Waals surface area contributed by atoms with Crippen LogP contribution in [0, 0.1) is 5.92 Å². The average molecular weight is 285 g/mol. The van der Waals surface area contributed by atoms with Gasteiger partial charge in [0.05, 0.1) is 13.1 Å². The standard InChI is InChI=1S/C13H23N3O4/c1-2-9-3-5-13(6-4-9,12(19)20)16-11(18)8-15-10(17)7-14/h9H,2-8,14H2,1H3,(H,15,17)(H,16,18)(H,19,20). The molecule has 1 fully saturated rings. The number of hydrogen-bond acceptors (Lipinski definition) is 4. The number of rotatable bonds is 6. The Bertz CT molecular complexity index is 376. The summed E-state index contributed by atoms with van der Waals surface area (Å²) in [6.07, 6.45) is 3.46. The summed E-state index contributed by atoms with van der Waals surface area (Å²) in [5.74, 6) is -1.43. The van der Waals surface area contributed by atoms with Crippen LogP contribution in [0.1, 0.15) is 39.0 Å². The lowest BCUT2D eigenvalue weighted by atomic mass is 9.75. The zero-order valence-electron chi connectivity index (χ0n) is 11.8. The van der Waals surface area contributed by atoms with E-state index in [1.165, 1.54) is 0 Å². The van der Waals surface area contributed by atoms with E-state index in [4.69, 9.17) is 5.73 Å². The first-order chi connectivity index (χ1) is 9.43. The van der Waals surface area contributed by atoms with Gasteiger partial charge in [-0.1, -0.05) is 13.3 Å². The van der Waals surface area contributed by atoms with Crippen LogP contribution in [0.5, 0.6) is 0 Å². The largest absolute Gasteiger partial charge is 0.480 e. The smallest absolute Gasteiger partial charge is 0.329 e. The molecule has 20 heavy (non-hydrogen) atoms. The van der Waals surface area contributed by atoms with Gasteiger partial charge in [0, 0.05) is 0 Å². The minimum absolute atomic E-state index is 0.199. The number of amides is 2. The molecule has 0 bridgehead atoms. The second-order valence-corrected chi connectivity index (χ2v) is 5.27. The molecule has 7 heteroatoms. The maximum atomic E-state index is 11.8. The van der Waals surface area contributed by atoms with Crippen LogP contribution in [0.25, 0.3) is 0 Å². The number of nitrogens with two attached hydrogens (primary N) is 1. The first-order valence-electron chi connectivity index (χ1n) is 6.94. The third kappa shape index (κ3) is 4.19. The van der Waals surface area contributed by atoms with E-state index in [-0.39, 0.29) is 13.1 Å². The first kappa shape index (κ1) is 16.4. The summed E-state index contributed by atoms with van der Waals surface area (Å²) < 4.78 is 0. The Balaban J connectivity index is 2.57. The molecule has 0 aliphatic heterocycles. The maximum Gasteiger partial charge on any atom is 0.329 e. The topological polar surface area (TPSA) is 122 Å². The van der Waals surface area contributed by atoms with Crippen molar-refractivity contribution in [3.8, 4) is 0 Å². The van der Waals surface area contributed by atoms with Crippen LogP contribution in [0.4, 0.5) is 0 Å². The van der Waals surface area contributed by atoms with Gasteiger partial charge in [-0.05, 0) is 31.6 Å². The Hall–Kier alpha value is -1.63. The highest BCUT2D eigenvalue weighted by molar-refractivity contribution is 5.90. The van der Waals surface area contributed by atoms with Crippen molar-refractivity contribution in [3.63, 3.8) is 0 Å². The molecule has 0 spiro atoms. The predicted octanol–water partition coefficient (Wildman–Crippen LogP) is -0.399. The second kappa shape index (κ2) is 7.23. The Morgan fingerprint density at radius 3 is 2.30 bits per heavy atom. The van der Waals surface area contributed by atoms with E-state index in [2.05, 4.69) is 17.6 Å². The number of carbonyl (C=O) groups excluding carboxylic acids is 2. The fourth-order valence-electron chi connectivity index (χ4n) is 2.53. The molecular weight excluding hydrogens is 262 g/mol. The van der Waals surface area contributed by atoms with E-state index >= 15 is 0 Å². The minimum atomic E-state index is -1.20. The summed E-state index contributed by atoms with van der Waals surface area (Å²) in [7, 11) is 0. The van der Waals surface area contributed by atoms with Crippen LogP contribution in [-0.4, -0.2) is 41.5 Å². The van der Waals surface area contributed by atoms with Crippen LogP contribution < -0.4 is 16.4 Å². The number of carboxylic acids is 1. The predicted molar refractivity (Wildman–Crippen MR) is 72.8 cm³/mol. The van der Waals surface area contributed by atoms with Gasteiger partial charge in [0.2, 0.25) is 11.8 Å². The highest BCUT2D eigenvalue weighted by Gasteiger charge is 2.42. The van der Waals surface area contributed by atoms with Crippen molar-refractivity contribution in [2.24, 2.45) is 11.7 Å². The molecule has 0 aromatic heterocycles. The summed E-state index contributed by atoms with van der Waals surface area (Å²) in [4.78, 5) is 34.2. The monoisotopic (exact) mass is 285 g/mol. The summed E-state index contributed by atoms with van der Waals surface area (Å²) in [6.45, 7) is 1.64. The van der Waals surface area contributed by atoms with Gasteiger partial charge in [0.15, 0.2) is 0 Å². The maximum absolute atomic E-state index is 11.8. The fourth-order valence-corrected chi connectivity index (χ4v) is 2.53. The van der Waals surface area contributed by atoms with E-state index in [1.54, 1.807) is 0 Å². The molecule has 0 aromatic rings. The molecule has 0 heterocycles. The summed E-state index contributed by atoms with van der Waals surface area (Å²) in [6, 6.07) is 0. The molecule has 0 unspecified atom stereocenters. The first-order valence-corrected chi connectivity index (χ1v) is 6.94. The van der Waals surface area contributed by atoms with Gasteiger partial charge in [-0.2, -0.15) is 0 Å². The van der Waals surface area contributed by atoms with Crippen LogP contribution >= 0.6 is 0 Å². The third-order valence-corrected chi connectivity index (χ3v) is 3.96. The van der Waals surface area contributed by atoms with Gasteiger partial charge in [-0.15, -0.1) is 0 Å². The quantitative estimate of drug-likeness (QED) is 0.529. The number of carbonyl (C=O) groups is 3. The summed E-state index contributed by atoms with van der Waals surface area (Å²) >= 11 is 0. The van der Waals surface area contributed by atoms with Crippen molar-refractivity contribution in [1.29, 1.82) is 0 Å². The molecule has 7 nitrogen and oxygen atoms in total. The van der Waals surface area contributed by atoms with E-state index in [9.17, 15) is 19.5 Å². The van der Waals surface area contributed by atoms with Crippen molar-refractivity contribution in [3.05, 3.63) is 0 Å². The summed E-state index contributed by atoms with van der Waals surface area (Å²) in [5.41, 5.74) is 3.91. The SMILES string of the molecule is CCC1CCC(NC(=O)CNC(=O)CN)(C(=O)O)CC1. The Morgan fingerprint density at radius 2 is 1.85 bits per heavy atom. The normalized spacial score (nSPS) is 25.8. The van der Waals surface area contributed by atoms with Crippen molar-refractivity contribution in [1.82, 2.24) is 10.6 Å². The highest BCUT2D eigenvalue weighted by atomic mass is 16.4. The molecule has 0 saturated heterocycles. The molecule has 2 amide bonds. The minimum Gasteiger partial charge on any atom is -0.480 e. The van der Waals surface area contributed by atoms with Crippen LogP contribution in [0.15, 0.2) is 0 Å². The van der Waals surface area contributed by atoms with Crippen molar-refractivity contribution in [2.45, 2.75) is 44.6 Å². The van der Waals surface area contributed by atoms with Gasteiger partial charge in [-0.3, -0.25) is 9.59 Å². The van der Waals surface area contributed by atoms with Crippen molar-refractivity contribution >= 4 is 17.8 Å². The van der Waals surface area contributed by atoms with Crippen molar-refractivity contribution < 1.29 is 19.5 Å². The van der Waals surface area contributed by atoms with E-state index in [0.717, 1.165) is 19.3 Å². The molecule has 0 atom stereocenters.